The molecule has 3 heteroatoms. The van der Waals surface area contributed by atoms with Crippen molar-refractivity contribution >= 4 is 60.5 Å². The molecule has 0 aliphatic rings. The molecule has 0 N–H and O–H groups in total. The van der Waals surface area contributed by atoms with E-state index in [0.29, 0.717) is 0 Å². The fourth-order valence-corrected chi connectivity index (χ4v) is 8.65. The molecule has 0 radical (unpaired) electrons. The van der Waals surface area contributed by atoms with Crippen LogP contribution in [0.15, 0.2) is 224 Å². The third-order valence-electron chi connectivity index (χ3n) is 11.3. The summed E-state index contributed by atoms with van der Waals surface area (Å²) in [7, 11) is 0. The first-order valence-corrected chi connectivity index (χ1v) is 19.8. The largest absolute Gasteiger partial charge is 0.308 e. The van der Waals surface area contributed by atoms with Crippen molar-refractivity contribution in [1.29, 1.82) is 0 Å². The lowest BCUT2D eigenvalue weighted by molar-refractivity contribution is 1.17. The summed E-state index contributed by atoms with van der Waals surface area (Å²) in [5.74, 6) is 0. The summed E-state index contributed by atoms with van der Waals surface area (Å²) in [5, 5.41) is 5.89. The summed E-state index contributed by atoms with van der Waals surface area (Å²) in [5.41, 5.74) is 14.2. The Morgan fingerprint density at radius 3 is 1.81 bits per heavy atom. The fraction of sp³-hybridized carbons (Fsp3) is 0. The number of hydrogen-bond acceptors (Lipinski definition) is 2. The van der Waals surface area contributed by atoms with E-state index >= 15 is 0 Å². The number of hydrogen-bond donors (Lipinski definition) is 0. The molecular weight excluding hydrogens is 703 g/mol. The van der Waals surface area contributed by atoms with Crippen LogP contribution in [0.2, 0.25) is 0 Å². The van der Waals surface area contributed by atoms with Crippen LogP contribution in [0.1, 0.15) is 0 Å². The van der Waals surface area contributed by atoms with Gasteiger partial charge in [0.05, 0.1) is 33.6 Å². The summed E-state index contributed by atoms with van der Waals surface area (Å²) in [6.45, 7) is 0. The molecule has 3 nitrogen and oxygen atoms in total. The maximum absolute atomic E-state index is 5.36. The normalized spacial score (nSPS) is 11.4. The number of para-hydroxylation sites is 4. The van der Waals surface area contributed by atoms with E-state index in [1.54, 1.807) is 0 Å². The molecular formula is C55H37N3. The standard InChI is InChI=1S/C55H37N3/c1-4-18-39(19-5-1)46-26-13-15-29-51(46)57(45-33-31-38-17-10-11-22-41(38)35-45)52-30-16-27-48-47-34-32-43(37-53(47)58(55(48)52)44-24-8-3-9-25-44)54-49(40-20-6-2-7-21-40)36-42-23-12-14-28-50(42)56-54/h1-37H. The Labute approximate surface area is 337 Å². The molecule has 0 aliphatic carbocycles. The Bertz CT molecular complexity index is 3280. The van der Waals surface area contributed by atoms with Crippen LogP contribution in [0.4, 0.5) is 17.1 Å². The van der Waals surface area contributed by atoms with Crippen LogP contribution < -0.4 is 4.90 Å². The van der Waals surface area contributed by atoms with Crippen molar-refractivity contribution in [2.45, 2.75) is 0 Å². The number of aromatic nitrogens is 2. The van der Waals surface area contributed by atoms with Crippen molar-refractivity contribution in [2.24, 2.45) is 0 Å². The summed E-state index contributed by atoms with van der Waals surface area (Å²) in [6, 6.07) is 80.6. The van der Waals surface area contributed by atoms with E-state index in [9.17, 15) is 0 Å². The van der Waals surface area contributed by atoms with Gasteiger partial charge in [0.2, 0.25) is 0 Å². The van der Waals surface area contributed by atoms with Gasteiger partial charge in [0, 0.05) is 44.2 Å². The van der Waals surface area contributed by atoms with Crippen molar-refractivity contribution < 1.29 is 0 Å². The Morgan fingerprint density at radius 2 is 1.02 bits per heavy atom. The average molecular weight is 740 g/mol. The third-order valence-corrected chi connectivity index (χ3v) is 11.3. The molecule has 11 aromatic rings. The highest BCUT2D eigenvalue weighted by Crippen LogP contribution is 2.47. The second-order valence-corrected chi connectivity index (χ2v) is 14.8. The van der Waals surface area contributed by atoms with Crippen LogP contribution in [0.3, 0.4) is 0 Å². The molecule has 11 rings (SSSR count). The first kappa shape index (κ1) is 33.6. The molecule has 0 spiro atoms. The second kappa shape index (κ2) is 14.1. The Morgan fingerprint density at radius 1 is 0.379 bits per heavy atom. The molecule has 0 bridgehead atoms. The molecule has 0 aliphatic heterocycles. The van der Waals surface area contributed by atoms with Gasteiger partial charge in [-0.1, -0.05) is 170 Å². The minimum atomic E-state index is 0.964. The van der Waals surface area contributed by atoms with E-state index in [4.69, 9.17) is 4.98 Å². The van der Waals surface area contributed by atoms with Crippen molar-refractivity contribution in [3.63, 3.8) is 0 Å². The van der Waals surface area contributed by atoms with Gasteiger partial charge >= 0.3 is 0 Å². The molecule has 0 amide bonds. The van der Waals surface area contributed by atoms with Gasteiger partial charge in [-0.05, 0) is 76.5 Å². The molecule has 2 heterocycles. The minimum absolute atomic E-state index is 0.964. The highest BCUT2D eigenvalue weighted by molar-refractivity contribution is 6.16. The predicted molar refractivity (Wildman–Crippen MR) is 245 cm³/mol. The van der Waals surface area contributed by atoms with Gasteiger partial charge in [-0.2, -0.15) is 0 Å². The van der Waals surface area contributed by atoms with E-state index in [-0.39, 0.29) is 0 Å². The van der Waals surface area contributed by atoms with Crippen molar-refractivity contribution in [1.82, 2.24) is 9.55 Å². The van der Waals surface area contributed by atoms with E-state index in [2.05, 4.69) is 234 Å². The van der Waals surface area contributed by atoms with Gasteiger partial charge in [0.15, 0.2) is 0 Å². The predicted octanol–water partition coefficient (Wildman–Crippen LogP) is 15.0. The SMILES string of the molecule is c1ccc(-c2ccccc2N(c2ccc3ccccc3c2)c2cccc3c4ccc(-c5nc6ccccc6cc5-c5ccccc5)cc4n(-c4ccccc4)c23)cc1. The van der Waals surface area contributed by atoms with Crippen LogP contribution in [-0.2, 0) is 0 Å². The lowest BCUT2D eigenvalue weighted by atomic mass is 9.96. The Kier molecular flexibility index (Phi) is 8.15. The van der Waals surface area contributed by atoms with E-state index in [1.165, 1.54) is 27.1 Å². The maximum Gasteiger partial charge on any atom is 0.0788 e. The lowest BCUT2D eigenvalue weighted by Gasteiger charge is -2.29. The van der Waals surface area contributed by atoms with Gasteiger partial charge in [0.25, 0.3) is 0 Å². The van der Waals surface area contributed by atoms with Crippen molar-refractivity contribution in [3.8, 4) is 39.2 Å². The number of rotatable bonds is 7. The van der Waals surface area contributed by atoms with Crippen LogP contribution in [-0.4, -0.2) is 9.55 Å². The first-order valence-electron chi connectivity index (χ1n) is 19.8. The van der Waals surface area contributed by atoms with Crippen LogP contribution in [0.5, 0.6) is 0 Å². The fourth-order valence-electron chi connectivity index (χ4n) is 8.65. The average Bonchev–Trinajstić information content (AvgIpc) is 3.64. The quantitative estimate of drug-likeness (QED) is 0.162. The van der Waals surface area contributed by atoms with Gasteiger partial charge in [-0.3, -0.25) is 0 Å². The second-order valence-electron chi connectivity index (χ2n) is 14.8. The third kappa shape index (κ3) is 5.72. The zero-order chi connectivity index (χ0) is 38.4. The minimum Gasteiger partial charge on any atom is -0.308 e. The molecule has 0 unspecified atom stereocenters. The lowest BCUT2D eigenvalue weighted by Crippen LogP contribution is -2.13. The van der Waals surface area contributed by atoms with Crippen LogP contribution in [0.25, 0.3) is 82.7 Å². The number of anilines is 3. The molecule has 2 aromatic heterocycles. The summed E-state index contributed by atoms with van der Waals surface area (Å²) in [6.07, 6.45) is 0. The maximum atomic E-state index is 5.36. The van der Waals surface area contributed by atoms with Gasteiger partial charge in [-0.25, -0.2) is 4.98 Å². The molecule has 0 saturated heterocycles. The van der Waals surface area contributed by atoms with Gasteiger partial charge in [0.1, 0.15) is 0 Å². The van der Waals surface area contributed by atoms with E-state index in [1.807, 2.05) is 0 Å². The highest BCUT2D eigenvalue weighted by Gasteiger charge is 2.24. The van der Waals surface area contributed by atoms with Crippen LogP contribution in [0, 0.1) is 0 Å². The number of fused-ring (bicyclic) bond motifs is 5. The smallest absolute Gasteiger partial charge is 0.0788 e. The summed E-state index contributed by atoms with van der Waals surface area (Å²) >= 11 is 0. The Balaban J connectivity index is 1.22. The molecule has 0 atom stereocenters. The first-order chi connectivity index (χ1) is 28.8. The van der Waals surface area contributed by atoms with E-state index in [0.717, 1.165) is 72.6 Å². The monoisotopic (exact) mass is 739 g/mol. The molecule has 0 saturated carbocycles. The van der Waals surface area contributed by atoms with Crippen molar-refractivity contribution in [3.05, 3.63) is 224 Å². The number of nitrogens with zero attached hydrogens (tertiary/aromatic N) is 3. The zero-order valence-electron chi connectivity index (χ0n) is 31.7. The zero-order valence-corrected chi connectivity index (χ0v) is 31.7. The van der Waals surface area contributed by atoms with E-state index < -0.39 is 0 Å². The van der Waals surface area contributed by atoms with Crippen molar-refractivity contribution in [2.75, 3.05) is 4.90 Å². The summed E-state index contributed by atoms with van der Waals surface area (Å²) < 4.78 is 2.45. The topological polar surface area (TPSA) is 21.1 Å². The molecule has 272 valence electrons. The summed E-state index contributed by atoms with van der Waals surface area (Å²) in [4.78, 5) is 7.81. The van der Waals surface area contributed by atoms with Gasteiger partial charge in [-0.15, -0.1) is 0 Å². The molecule has 58 heavy (non-hydrogen) atoms. The highest BCUT2D eigenvalue weighted by atomic mass is 15.2. The molecule has 0 fully saturated rings. The number of benzene rings is 9. The van der Waals surface area contributed by atoms with Crippen LogP contribution >= 0.6 is 0 Å². The Hall–Kier alpha value is -7.75. The van der Waals surface area contributed by atoms with Gasteiger partial charge < -0.3 is 9.47 Å². The number of pyridine rings is 1. The molecule has 9 aromatic carbocycles.